The van der Waals surface area contributed by atoms with Crippen LogP contribution in [-0.4, -0.2) is 18.2 Å². The first-order valence-corrected chi connectivity index (χ1v) is 4.97. The lowest BCUT2D eigenvalue weighted by molar-refractivity contribution is -0.136. The van der Waals surface area contributed by atoms with E-state index in [1.54, 1.807) is 13.2 Å². The van der Waals surface area contributed by atoms with E-state index >= 15 is 0 Å². The molecule has 0 saturated carbocycles. The molecular formula is C11H13ClO3. The maximum atomic E-state index is 10.5. The van der Waals surface area contributed by atoms with Gasteiger partial charge in [-0.15, -0.1) is 0 Å². The highest BCUT2D eigenvalue weighted by Gasteiger charge is 2.10. The standard InChI is InChI=1S/C11H13ClO3/c1-7-5-9(12)8(3-4-11(13)14)10(6-7)15-2/h5-6H,3-4H2,1-2H3,(H,13,14). The van der Waals surface area contributed by atoms with Crippen molar-refractivity contribution >= 4 is 17.6 Å². The van der Waals surface area contributed by atoms with Crippen molar-refractivity contribution in [2.45, 2.75) is 19.8 Å². The minimum Gasteiger partial charge on any atom is -0.496 e. The Morgan fingerprint density at radius 3 is 2.73 bits per heavy atom. The maximum absolute atomic E-state index is 10.5. The van der Waals surface area contributed by atoms with Crippen molar-refractivity contribution < 1.29 is 14.6 Å². The predicted molar refractivity (Wildman–Crippen MR) is 58.7 cm³/mol. The van der Waals surface area contributed by atoms with Crippen molar-refractivity contribution in [1.82, 2.24) is 0 Å². The van der Waals surface area contributed by atoms with Gasteiger partial charge in [-0.05, 0) is 31.0 Å². The van der Waals surface area contributed by atoms with Gasteiger partial charge in [-0.25, -0.2) is 0 Å². The number of methoxy groups -OCH3 is 1. The third-order valence-corrected chi connectivity index (χ3v) is 2.44. The van der Waals surface area contributed by atoms with Crippen LogP contribution in [-0.2, 0) is 11.2 Å². The molecule has 0 aliphatic heterocycles. The molecule has 82 valence electrons. The number of carboxylic acid groups (broad SMARTS) is 1. The average molecular weight is 229 g/mol. The molecule has 15 heavy (non-hydrogen) atoms. The van der Waals surface area contributed by atoms with Crippen LogP contribution in [0.5, 0.6) is 5.75 Å². The minimum absolute atomic E-state index is 0.0547. The zero-order valence-corrected chi connectivity index (χ0v) is 9.47. The number of hydrogen-bond donors (Lipinski definition) is 1. The number of aliphatic carboxylic acids is 1. The second kappa shape index (κ2) is 5.03. The van der Waals surface area contributed by atoms with Crippen LogP contribution in [0.15, 0.2) is 12.1 Å². The van der Waals surface area contributed by atoms with E-state index in [0.29, 0.717) is 17.2 Å². The molecular weight excluding hydrogens is 216 g/mol. The van der Waals surface area contributed by atoms with E-state index in [-0.39, 0.29) is 6.42 Å². The summed E-state index contributed by atoms with van der Waals surface area (Å²) in [7, 11) is 1.55. The van der Waals surface area contributed by atoms with Crippen molar-refractivity contribution in [1.29, 1.82) is 0 Å². The summed E-state index contributed by atoms with van der Waals surface area (Å²) < 4.78 is 5.16. The smallest absolute Gasteiger partial charge is 0.303 e. The van der Waals surface area contributed by atoms with Gasteiger partial charge in [0.25, 0.3) is 0 Å². The summed E-state index contributed by atoms with van der Waals surface area (Å²) in [5.41, 5.74) is 1.75. The first-order chi connectivity index (χ1) is 7.04. The summed E-state index contributed by atoms with van der Waals surface area (Å²) in [6, 6.07) is 3.66. The van der Waals surface area contributed by atoms with Crippen LogP contribution in [0.2, 0.25) is 5.02 Å². The number of carboxylic acids is 1. The third-order valence-electron chi connectivity index (χ3n) is 2.11. The van der Waals surface area contributed by atoms with Crippen LogP contribution < -0.4 is 4.74 Å². The van der Waals surface area contributed by atoms with Gasteiger partial charge < -0.3 is 9.84 Å². The molecule has 0 atom stereocenters. The van der Waals surface area contributed by atoms with E-state index < -0.39 is 5.97 Å². The molecule has 3 nitrogen and oxygen atoms in total. The molecule has 0 heterocycles. The second-order valence-electron chi connectivity index (χ2n) is 3.32. The first kappa shape index (κ1) is 11.9. The summed E-state index contributed by atoms with van der Waals surface area (Å²) >= 11 is 6.02. The van der Waals surface area contributed by atoms with Crippen molar-refractivity contribution in [2.24, 2.45) is 0 Å². The molecule has 1 rings (SSSR count). The highest BCUT2D eigenvalue weighted by Crippen LogP contribution is 2.29. The van der Waals surface area contributed by atoms with Gasteiger partial charge in [-0.2, -0.15) is 0 Å². The topological polar surface area (TPSA) is 46.5 Å². The summed E-state index contributed by atoms with van der Waals surface area (Å²) in [5.74, 6) is -0.185. The van der Waals surface area contributed by atoms with E-state index in [0.717, 1.165) is 11.1 Å². The molecule has 0 aliphatic carbocycles. The van der Waals surface area contributed by atoms with Crippen molar-refractivity contribution in [3.05, 3.63) is 28.3 Å². The van der Waals surface area contributed by atoms with Crippen molar-refractivity contribution in [3.63, 3.8) is 0 Å². The second-order valence-corrected chi connectivity index (χ2v) is 3.73. The number of rotatable bonds is 4. The van der Waals surface area contributed by atoms with E-state index in [1.807, 2.05) is 13.0 Å². The van der Waals surface area contributed by atoms with Gasteiger partial charge in [0, 0.05) is 17.0 Å². The molecule has 0 saturated heterocycles. The highest BCUT2D eigenvalue weighted by atomic mass is 35.5. The molecule has 0 spiro atoms. The van der Waals surface area contributed by atoms with Gasteiger partial charge >= 0.3 is 5.97 Å². The van der Waals surface area contributed by atoms with Crippen LogP contribution in [0.4, 0.5) is 0 Å². The fourth-order valence-corrected chi connectivity index (χ4v) is 1.76. The third kappa shape index (κ3) is 3.13. The zero-order chi connectivity index (χ0) is 11.4. The molecule has 0 aromatic heterocycles. The molecule has 0 aliphatic rings. The highest BCUT2D eigenvalue weighted by molar-refractivity contribution is 6.31. The van der Waals surface area contributed by atoms with Gasteiger partial charge in [-0.1, -0.05) is 11.6 Å². The van der Waals surface area contributed by atoms with E-state index in [1.165, 1.54) is 0 Å². The van der Waals surface area contributed by atoms with E-state index in [9.17, 15) is 4.79 Å². The molecule has 1 aromatic rings. The van der Waals surface area contributed by atoms with Crippen LogP contribution in [0.1, 0.15) is 17.5 Å². The number of benzene rings is 1. The molecule has 0 radical (unpaired) electrons. The largest absolute Gasteiger partial charge is 0.496 e. The lowest BCUT2D eigenvalue weighted by Crippen LogP contribution is -2.00. The number of halogens is 1. The summed E-state index contributed by atoms with van der Waals surface area (Å²) in [4.78, 5) is 10.5. The molecule has 0 amide bonds. The van der Waals surface area contributed by atoms with Crippen LogP contribution >= 0.6 is 11.6 Å². The number of ether oxygens (including phenoxy) is 1. The molecule has 4 heteroatoms. The van der Waals surface area contributed by atoms with Gasteiger partial charge in [0.2, 0.25) is 0 Å². The lowest BCUT2D eigenvalue weighted by atomic mass is 10.1. The Labute approximate surface area is 93.6 Å². The first-order valence-electron chi connectivity index (χ1n) is 4.59. The Bertz CT molecular complexity index is 374. The minimum atomic E-state index is -0.839. The Kier molecular flexibility index (Phi) is 3.97. The summed E-state index contributed by atoms with van der Waals surface area (Å²) in [6.07, 6.45) is 0.441. The SMILES string of the molecule is COc1cc(C)cc(Cl)c1CCC(=O)O. The Morgan fingerprint density at radius 2 is 2.20 bits per heavy atom. The average Bonchev–Trinajstić information content (AvgIpc) is 2.14. The molecule has 1 N–H and O–H groups in total. The van der Waals surface area contributed by atoms with E-state index in [4.69, 9.17) is 21.4 Å². The monoisotopic (exact) mass is 228 g/mol. The number of hydrogen-bond acceptors (Lipinski definition) is 2. The predicted octanol–water partition coefficient (Wildman–Crippen LogP) is 2.67. The van der Waals surface area contributed by atoms with Gasteiger partial charge in [0.05, 0.1) is 7.11 Å². The Morgan fingerprint density at radius 1 is 1.53 bits per heavy atom. The van der Waals surface area contributed by atoms with Gasteiger partial charge in [0.15, 0.2) is 0 Å². The molecule has 0 bridgehead atoms. The van der Waals surface area contributed by atoms with Crippen molar-refractivity contribution in [3.8, 4) is 5.75 Å². The van der Waals surface area contributed by atoms with Gasteiger partial charge in [0.1, 0.15) is 5.75 Å². The molecule has 0 unspecified atom stereocenters. The molecule has 0 fully saturated rings. The zero-order valence-electron chi connectivity index (χ0n) is 8.71. The quantitative estimate of drug-likeness (QED) is 0.862. The summed E-state index contributed by atoms with van der Waals surface area (Å²) in [6.45, 7) is 1.91. The number of aryl methyl sites for hydroxylation is 1. The maximum Gasteiger partial charge on any atom is 0.303 e. The Hall–Kier alpha value is -1.22. The van der Waals surface area contributed by atoms with Crippen LogP contribution in [0.3, 0.4) is 0 Å². The summed E-state index contributed by atoms with van der Waals surface area (Å²) in [5, 5.41) is 9.16. The number of carbonyl (C=O) groups is 1. The van der Waals surface area contributed by atoms with Crippen molar-refractivity contribution in [2.75, 3.05) is 7.11 Å². The van der Waals surface area contributed by atoms with E-state index in [2.05, 4.69) is 0 Å². The van der Waals surface area contributed by atoms with Crippen LogP contribution in [0.25, 0.3) is 0 Å². The lowest BCUT2D eigenvalue weighted by Gasteiger charge is -2.10. The fraction of sp³-hybridized carbons (Fsp3) is 0.364. The van der Waals surface area contributed by atoms with Gasteiger partial charge in [-0.3, -0.25) is 4.79 Å². The normalized spacial score (nSPS) is 10.1. The van der Waals surface area contributed by atoms with Crippen LogP contribution in [0, 0.1) is 6.92 Å². The Balaban J connectivity index is 2.98. The fourth-order valence-electron chi connectivity index (χ4n) is 1.40. The molecule has 1 aromatic carbocycles.